The summed E-state index contributed by atoms with van der Waals surface area (Å²) in [6, 6.07) is 5.69. The maximum absolute atomic E-state index is 12.4. The molecule has 0 bridgehead atoms. The van der Waals surface area contributed by atoms with Crippen molar-refractivity contribution in [1.82, 2.24) is 29.5 Å². The fraction of sp³-hybridized carbons (Fsp3) is 0.450. The van der Waals surface area contributed by atoms with Gasteiger partial charge in [0.05, 0.1) is 18.3 Å². The molecule has 1 fully saturated rings. The number of rotatable bonds is 4. The zero-order valence-corrected chi connectivity index (χ0v) is 15.7. The lowest BCUT2D eigenvalue weighted by Gasteiger charge is -2.27. The third-order valence-corrected chi connectivity index (χ3v) is 5.73. The number of aryl methyl sites for hydroxylation is 2. The average molecular weight is 377 g/mol. The summed E-state index contributed by atoms with van der Waals surface area (Å²) in [6.07, 6.45) is 11.9. The summed E-state index contributed by atoms with van der Waals surface area (Å²) in [5, 5.41) is 13.5. The third-order valence-electron chi connectivity index (χ3n) is 5.73. The molecule has 3 aromatic heterocycles. The highest BCUT2D eigenvalue weighted by Gasteiger charge is 2.28. The van der Waals surface area contributed by atoms with Gasteiger partial charge in [-0.2, -0.15) is 10.2 Å². The van der Waals surface area contributed by atoms with Gasteiger partial charge in [0.25, 0.3) is 5.56 Å². The average Bonchev–Trinajstić information content (AvgIpc) is 3.41. The van der Waals surface area contributed by atoms with Gasteiger partial charge in [-0.3, -0.25) is 9.36 Å². The molecule has 8 heteroatoms. The standard InChI is InChI=1S/C20H23N7O/c28-20-8-7-18(25-11-9-21-14-25)24-27(20)13-16-5-3-10-26(16)19-12-15-4-1-2-6-17(15)22-23-19/h7-9,11-12,14,16H,1-6,10,13H2. The molecule has 4 heterocycles. The van der Waals surface area contributed by atoms with Crippen LogP contribution in [0.4, 0.5) is 5.82 Å². The van der Waals surface area contributed by atoms with E-state index < -0.39 is 0 Å². The number of fused-ring (bicyclic) bond motifs is 1. The van der Waals surface area contributed by atoms with Crippen LogP contribution in [0.5, 0.6) is 0 Å². The van der Waals surface area contributed by atoms with Crippen molar-refractivity contribution in [2.75, 3.05) is 11.4 Å². The van der Waals surface area contributed by atoms with Crippen molar-refractivity contribution in [2.24, 2.45) is 0 Å². The Morgan fingerprint density at radius 1 is 1.07 bits per heavy atom. The van der Waals surface area contributed by atoms with Crippen molar-refractivity contribution >= 4 is 5.82 Å². The largest absolute Gasteiger partial charge is 0.350 e. The predicted octanol–water partition coefficient (Wildman–Crippen LogP) is 1.77. The molecule has 1 aliphatic carbocycles. The van der Waals surface area contributed by atoms with Gasteiger partial charge in [-0.15, -0.1) is 5.10 Å². The molecule has 0 saturated carbocycles. The molecule has 0 spiro atoms. The molecule has 5 rings (SSSR count). The zero-order chi connectivity index (χ0) is 18.9. The van der Waals surface area contributed by atoms with Gasteiger partial charge in [0.1, 0.15) is 6.33 Å². The summed E-state index contributed by atoms with van der Waals surface area (Å²) in [4.78, 5) is 18.7. The summed E-state index contributed by atoms with van der Waals surface area (Å²) >= 11 is 0. The van der Waals surface area contributed by atoms with Crippen LogP contribution in [0.1, 0.15) is 36.9 Å². The van der Waals surface area contributed by atoms with Crippen molar-refractivity contribution in [3.8, 4) is 5.82 Å². The predicted molar refractivity (Wildman–Crippen MR) is 105 cm³/mol. The topological polar surface area (TPSA) is 81.7 Å². The number of hydrogen-bond acceptors (Lipinski definition) is 6. The van der Waals surface area contributed by atoms with Gasteiger partial charge < -0.3 is 4.90 Å². The van der Waals surface area contributed by atoms with Gasteiger partial charge in [0.2, 0.25) is 0 Å². The first-order chi connectivity index (χ1) is 13.8. The van der Waals surface area contributed by atoms with E-state index in [0.29, 0.717) is 12.4 Å². The van der Waals surface area contributed by atoms with Gasteiger partial charge in [-0.05, 0) is 56.2 Å². The van der Waals surface area contributed by atoms with Gasteiger partial charge in [-0.1, -0.05) is 0 Å². The molecule has 0 aromatic carbocycles. The number of hydrogen-bond donors (Lipinski definition) is 0. The summed E-state index contributed by atoms with van der Waals surface area (Å²) in [5.41, 5.74) is 2.39. The second-order valence-corrected chi connectivity index (χ2v) is 7.55. The SMILES string of the molecule is O=c1ccc(-n2ccnc2)nn1CC1CCCN1c1cc2c(nn1)CCCC2. The van der Waals surface area contributed by atoms with Crippen molar-refractivity contribution < 1.29 is 0 Å². The minimum atomic E-state index is -0.0905. The normalized spacial score (nSPS) is 19.0. The summed E-state index contributed by atoms with van der Waals surface area (Å²) in [6.45, 7) is 1.48. The lowest BCUT2D eigenvalue weighted by Crippen LogP contribution is -2.38. The van der Waals surface area contributed by atoms with E-state index in [2.05, 4.69) is 31.2 Å². The Kier molecular flexibility index (Phi) is 4.38. The fourth-order valence-corrected chi connectivity index (χ4v) is 4.25. The monoisotopic (exact) mass is 377 g/mol. The summed E-state index contributed by atoms with van der Waals surface area (Å²) < 4.78 is 3.36. The molecule has 28 heavy (non-hydrogen) atoms. The van der Waals surface area contributed by atoms with E-state index in [1.807, 2.05) is 6.20 Å². The summed E-state index contributed by atoms with van der Waals surface area (Å²) in [5.74, 6) is 1.62. The molecular formula is C20H23N7O. The van der Waals surface area contributed by atoms with E-state index in [1.165, 1.54) is 18.4 Å². The maximum Gasteiger partial charge on any atom is 0.266 e. The molecule has 3 aromatic rings. The van der Waals surface area contributed by atoms with Gasteiger partial charge in [-0.25, -0.2) is 9.67 Å². The molecule has 0 amide bonds. The zero-order valence-electron chi connectivity index (χ0n) is 15.7. The van der Waals surface area contributed by atoms with Gasteiger partial charge >= 0.3 is 0 Å². The van der Waals surface area contributed by atoms with Gasteiger partial charge in [0.15, 0.2) is 11.6 Å². The third kappa shape index (κ3) is 3.19. The van der Waals surface area contributed by atoms with E-state index in [4.69, 9.17) is 0 Å². The van der Waals surface area contributed by atoms with Crippen LogP contribution >= 0.6 is 0 Å². The Hall–Kier alpha value is -3.03. The molecule has 2 aliphatic rings. The first-order valence-corrected chi connectivity index (χ1v) is 9.96. The number of aromatic nitrogens is 6. The molecule has 144 valence electrons. The Labute approximate surface area is 162 Å². The number of anilines is 1. The van der Waals surface area contributed by atoms with Crippen molar-refractivity contribution in [1.29, 1.82) is 0 Å². The number of nitrogens with zero attached hydrogens (tertiary/aromatic N) is 7. The lowest BCUT2D eigenvalue weighted by molar-refractivity contribution is 0.483. The molecule has 1 unspecified atom stereocenters. The minimum Gasteiger partial charge on any atom is -0.350 e. The van der Waals surface area contributed by atoms with E-state index in [9.17, 15) is 4.79 Å². The highest BCUT2D eigenvalue weighted by molar-refractivity contribution is 5.44. The smallest absolute Gasteiger partial charge is 0.266 e. The van der Waals surface area contributed by atoms with Crippen LogP contribution in [0.2, 0.25) is 0 Å². The second-order valence-electron chi connectivity index (χ2n) is 7.55. The van der Waals surface area contributed by atoms with E-state index >= 15 is 0 Å². The highest BCUT2D eigenvalue weighted by atomic mass is 16.1. The van der Waals surface area contributed by atoms with Crippen LogP contribution in [0.15, 0.2) is 41.7 Å². The molecule has 1 saturated heterocycles. The summed E-state index contributed by atoms with van der Waals surface area (Å²) in [7, 11) is 0. The molecule has 8 nitrogen and oxygen atoms in total. The maximum atomic E-state index is 12.4. The Balaban J connectivity index is 1.41. The second kappa shape index (κ2) is 7.18. The van der Waals surface area contributed by atoms with Crippen LogP contribution in [0.3, 0.4) is 0 Å². The Morgan fingerprint density at radius 2 is 2.00 bits per heavy atom. The molecule has 1 atom stereocenters. The van der Waals surface area contributed by atoms with Crippen molar-refractivity contribution in [2.45, 2.75) is 51.1 Å². The van der Waals surface area contributed by atoms with Gasteiger partial charge in [0, 0.05) is 25.0 Å². The van der Waals surface area contributed by atoms with E-state index in [-0.39, 0.29) is 11.6 Å². The molecular weight excluding hydrogens is 354 g/mol. The quantitative estimate of drug-likeness (QED) is 0.689. The first-order valence-electron chi connectivity index (χ1n) is 9.96. The van der Waals surface area contributed by atoms with Crippen LogP contribution < -0.4 is 10.5 Å². The van der Waals surface area contributed by atoms with E-state index in [1.54, 1.807) is 33.9 Å². The fourth-order valence-electron chi connectivity index (χ4n) is 4.25. The van der Waals surface area contributed by atoms with Crippen molar-refractivity contribution in [3.63, 3.8) is 0 Å². The molecule has 0 radical (unpaired) electrons. The Bertz CT molecular complexity index is 1030. The first kappa shape index (κ1) is 17.1. The van der Waals surface area contributed by atoms with E-state index in [0.717, 1.165) is 43.7 Å². The van der Waals surface area contributed by atoms with Crippen molar-refractivity contribution in [3.05, 3.63) is 58.5 Å². The van der Waals surface area contributed by atoms with Crippen LogP contribution in [0.25, 0.3) is 5.82 Å². The number of imidazole rings is 1. The van der Waals surface area contributed by atoms with Crippen LogP contribution in [-0.2, 0) is 19.4 Å². The minimum absolute atomic E-state index is 0.0905. The Morgan fingerprint density at radius 3 is 2.89 bits per heavy atom. The van der Waals surface area contributed by atoms with Crippen LogP contribution in [-0.4, -0.2) is 42.1 Å². The lowest BCUT2D eigenvalue weighted by atomic mass is 9.97. The van der Waals surface area contributed by atoms with Crippen LogP contribution in [0, 0.1) is 0 Å². The highest BCUT2D eigenvalue weighted by Crippen LogP contribution is 2.27. The molecule has 0 N–H and O–H groups in total. The molecule has 1 aliphatic heterocycles.